The van der Waals surface area contributed by atoms with Crippen LogP contribution >= 0.6 is 0 Å². The third-order valence-corrected chi connectivity index (χ3v) is 4.36. The van der Waals surface area contributed by atoms with Crippen molar-refractivity contribution in [2.45, 2.75) is 25.4 Å². The van der Waals surface area contributed by atoms with Crippen LogP contribution in [0.4, 0.5) is 11.6 Å². The Morgan fingerprint density at radius 1 is 1.12 bits per heavy atom. The molecule has 7 N–H and O–H groups in total. The summed E-state index contributed by atoms with van der Waals surface area (Å²) in [5, 5.41) is 23.2. The fourth-order valence-electron chi connectivity index (χ4n) is 2.75. The summed E-state index contributed by atoms with van der Waals surface area (Å²) >= 11 is 0. The SMILES string of the molecule is Nc1nc2ncc(CNc3ccc(C(=O)N[C@@H](CCC(=O)O)C(=O)O)cc3)nc2c(=O)[nH]1.[SiH4]. The molecule has 0 saturated heterocycles. The Balaban J connectivity index is 0.00000385. The number of fused-ring (bicyclic) bond motifs is 1. The molecule has 33 heavy (non-hydrogen) atoms. The molecule has 0 aliphatic heterocycles. The molecule has 13 nitrogen and oxygen atoms in total. The van der Waals surface area contributed by atoms with Crippen LogP contribution in [0.15, 0.2) is 35.3 Å². The smallest absolute Gasteiger partial charge is 0.326 e. The van der Waals surface area contributed by atoms with E-state index in [0.717, 1.165) is 0 Å². The molecule has 174 valence electrons. The van der Waals surface area contributed by atoms with Gasteiger partial charge < -0.3 is 26.6 Å². The van der Waals surface area contributed by atoms with Gasteiger partial charge in [-0.25, -0.2) is 14.8 Å². The fraction of sp³-hybridized carbons (Fsp3) is 0.211. The normalized spacial score (nSPS) is 11.3. The van der Waals surface area contributed by atoms with Crippen molar-refractivity contribution in [1.82, 2.24) is 25.3 Å². The van der Waals surface area contributed by atoms with Crippen LogP contribution in [-0.2, 0) is 16.1 Å². The molecule has 0 radical (unpaired) electrons. The van der Waals surface area contributed by atoms with Gasteiger partial charge in [-0.15, -0.1) is 0 Å². The lowest BCUT2D eigenvalue weighted by Gasteiger charge is -2.14. The minimum atomic E-state index is -1.31. The van der Waals surface area contributed by atoms with E-state index in [-0.39, 0.29) is 53.0 Å². The molecule has 2 aromatic heterocycles. The Kier molecular flexibility index (Phi) is 8.17. The first-order valence-electron chi connectivity index (χ1n) is 9.33. The van der Waals surface area contributed by atoms with Gasteiger partial charge >= 0.3 is 11.9 Å². The van der Waals surface area contributed by atoms with Gasteiger partial charge in [0.25, 0.3) is 11.5 Å². The summed E-state index contributed by atoms with van der Waals surface area (Å²) in [5.41, 5.74) is 6.47. The Hall–Kier alpha value is -4.33. The molecule has 1 atom stereocenters. The Morgan fingerprint density at radius 3 is 2.45 bits per heavy atom. The molecule has 0 aliphatic rings. The van der Waals surface area contributed by atoms with Gasteiger partial charge in [-0.1, -0.05) is 0 Å². The van der Waals surface area contributed by atoms with Crippen LogP contribution in [0, 0.1) is 0 Å². The van der Waals surface area contributed by atoms with Gasteiger partial charge in [0.1, 0.15) is 6.04 Å². The molecule has 0 aliphatic carbocycles. The van der Waals surface area contributed by atoms with Crippen molar-refractivity contribution in [3.8, 4) is 0 Å². The van der Waals surface area contributed by atoms with Gasteiger partial charge in [-0.3, -0.25) is 19.4 Å². The van der Waals surface area contributed by atoms with E-state index in [1.54, 1.807) is 12.1 Å². The molecule has 0 spiro atoms. The average Bonchev–Trinajstić information content (AvgIpc) is 2.75. The lowest BCUT2D eigenvalue weighted by Crippen LogP contribution is -2.41. The number of hydrogen-bond acceptors (Lipinski definition) is 9. The number of carbonyl (C=O) groups is 3. The number of nitrogen functional groups attached to an aromatic ring is 1. The summed E-state index contributed by atoms with van der Waals surface area (Å²) in [6.07, 6.45) is 0.840. The number of nitrogens with zero attached hydrogens (tertiary/aromatic N) is 3. The number of rotatable bonds is 9. The number of carbonyl (C=O) groups excluding carboxylic acids is 1. The second-order valence-corrected chi connectivity index (χ2v) is 6.71. The van der Waals surface area contributed by atoms with Crippen LogP contribution in [-0.4, -0.2) is 65.0 Å². The number of carboxylic acid groups (broad SMARTS) is 2. The monoisotopic (exact) mass is 473 g/mol. The maximum absolute atomic E-state index is 12.3. The van der Waals surface area contributed by atoms with Crippen molar-refractivity contribution in [1.29, 1.82) is 0 Å². The van der Waals surface area contributed by atoms with E-state index in [1.807, 2.05) is 0 Å². The fourth-order valence-corrected chi connectivity index (χ4v) is 2.75. The predicted molar refractivity (Wildman–Crippen MR) is 123 cm³/mol. The van der Waals surface area contributed by atoms with Gasteiger partial charge in [-0.05, 0) is 41.7 Å². The highest BCUT2D eigenvalue weighted by atomic mass is 28.1. The summed E-state index contributed by atoms with van der Waals surface area (Å²) < 4.78 is 0. The summed E-state index contributed by atoms with van der Waals surface area (Å²) in [6.45, 7) is 0.231. The summed E-state index contributed by atoms with van der Waals surface area (Å²) in [4.78, 5) is 60.6. The molecule has 1 aromatic carbocycles. The number of aliphatic carboxylic acids is 2. The molecule has 1 amide bonds. The quantitative estimate of drug-likeness (QED) is 0.197. The van der Waals surface area contributed by atoms with E-state index >= 15 is 0 Å². The standard InChI is InChI=1S/C19H19N7O6.H4Si/c20-19-25-15-14(17(30)26-19)23-11(8-22-15)7-21-10-3-1-9(2-4-10)16(29)24-12(18(31)32)5-6-13(27)28;/h1-4,8,12,21H,5-7H2,(H,24,29)(H,27,28)(H,31,32)(H3,20,22,25,26,30);1H4/t12-;/m0./s1. The second-order valence-electron chi connectivity index (χ2n) is 6.71. The zero-order chi connectivity index (χ0) is 23.3. The van der Waals surface area contributed by atoms with Crippen LogP contribution < -0.4 is 21.9 Å². The van der Waals surface area contributed by atoms with Crippen LogP contribution in [0.2, 0.25) is 0 Å². The van der Waals surface area contributed by atoms with Crippen LogP contribution in [0.1, 0.15) is 28.9 Å². The number of aromatic nitrogens is 4. The number of carboxylic acids is 2. The number of aromatic amines is 1. The molecule has 0 fully saturated rings. The van der Waals surface area contributed by atoms with Crippen molar-refractivity contribution < 1.29 is 24.6 Å². The van der Waals surface area contributed by atoms with E-state index < -0.39 is 29.4 Å². The Labute approximate surface area is 190 Å². The van der Waals surface area contributed by atoms with Gasteiger partial charge in [-0.2, -0.15) is 4.98 Å². The first-order valence-corrected chi connectivity index (χ1v) is 9.33. The number of H-pyrrole nitrogens is 1. The summed E-state index contributed by atoms with van der Waals surface area (Å²) in [7, 11) is 0. The highest BCUT2D eigenvalue weighted by Gasteiger charge is 2.21. The Bertz CT molecular complexity index is 1230. The van der Waals surface area contributed by atoms with Crippen molar-refractivity contribution in [3.63, 3.8) is 0 Å². The second kappa shape index (κ2) is 10.8. The van der Waals surface area contributed by atoms with Gasteiger partial charge in [0, 0.05) is 17.7 Å². The van der Waals surface area contributed by atoms with E-state index in [2.05, 4.69) is 30.6 Å². The predicted octanol–water partition coefficient (Wildman–Crippen LogP) is -1.50. The number of benzene rings is 1. The molecule has 0 bridgehead atoms. The molecule has 0 unspecified atom stereocenters. The van der Waals surface area contributed by atoms with Gasteiger partial charge in [0.15, 0.2) is 11.2 Å². The topological polar surface area (TPSA) is 213 Å². The maximum atomic E-state index is 12.3. The molecular weight excluding hydrogens is 450 g/mol. The molecule has 3 rings (SSSR count). The number of nitrogens with one attached hydrogen (secondary N) is 3. The highest BCUT2D eigenvalue weighted by Crippen LogP contribution is 2.12. The lowest BCUT2D eigenvalue weighted by molar-refractivity contribution is -0.140. The molecule has 3 aromatic rings. The average molecular weight is 474 g/mol. The molecular formula is C19H23N7O6Si. The largest absolute Gasteiger partial charge is 0.481 e. The van der Waals surface area contributed by atoms with Crippen LogP contribution in [0.25, 0.3) is 11.2 Å². The van der Waals surface area contributed by atoms with Crippen LogP contribution in [0.3, 0.4) is 0 Å². The van der Waals surface area contributed by atoms with Crippen molar-refractivity contribution in [3.05, 3.63) is 52.1 Å². The molecule has 2 heterocycles. The lowest BCUT2D eigenvalue weighted by atomic mass is 10.1. The zero-order valence-electron chi connectivity index (χ0n) is 16.5. The third-order valence-electron chi connectivity index (χ3n) is 4.36. The number of amides is 1. The van der Waals surface area contributed by atoms with E-state index in [4.69, 9.17) is 15.9 Å². The first kappa shape index (κ1) is 24.9. The van der Waals surface area contributed by atoms with E-state index in [9.17, 15) is 19.2 Å². The summed E-state index contributed by atoms with van der Waals surface area (Å²) in [5.74, 6) is -3.16. The minimum Gasteiger partial charge on any atom is -0.481 e. The number of nitrogens with two attached hydrogens (primary N) is 1. The molecule has 0 saturated carbocycles. The zero-order valence-corrected chi connectivity index (χ0v) is 16.5. The highest BCUT2D eigenvalue weighted by molar-refractivity contribution is 5.96. The maximum Gasteiger partial charge on any atom is 0.326 e. The Morgan fingerprint density at radius 2 is 1.82 bits per heavy atom. The van der Waals surface area contributed by atoms with Crippen molar-refractivity contribution in [2.24, 2.45) is 0 Å². The van der Waals surface area contributed by atoms with Crippen molar-refractivity contribution in [2.75, 3.05) is 11.1 Å². The van der Waals surface area contributed by atoms with E-state index in [0.29, 0.717) is 11.4 Å². The van der Waals surface area contributed by atoms with E-state index in [1.165, 1.54) is 18.3 Å². The van der Waals surface area contributed by atoms with Crippen LogP contribution in [0.5, 0.6) is 0 Å². The third kappa shape index (κ3) is 6.57. The van der Waals surface area contributed by atoms with Gasteiger partial charge in [0.05, 0.1) is 18.4 Å². The first-order chi connectivity index (χ1) is 15.2. The number of hydrogen-bond donors (Lipinski definition) is 6. The van der Waals surface area contributed by atoms with Gasteiger partial charge in [0.2, 0.25) is 5.95 Å². The summed E-state index contributed by atoms with van der Waals surface area (Å²) in [6, 6.07) is 4.86. The van der Waals surface area contributed by atoms with Crippen molar-refractivity contribution >= 4 is 51.6 Å². The minimum absolute atomic E-state index is 0. The molecule has 14 heteroatoms. The number of anilines is 2.